The molecule has 19 heavy (non-hydrogen) atoms. The van der Waals surface area contributed by atoms with Crippen LogP contribution in [0.25, 0.3) is 0 Å². The number of ether oxygens (including phenoxy) is 1. The lowest BCUT2D eigenvalue weighted by molar-refractivity contribution is -0.0879. The number of hydrogen-bond donors (Lipinski definition) is 3. The van der Waals surface area contributed by atoms with Crippen LogP contribution in [0.1, 0.15) is 5.56 Å². The van der Waals surface area contributed by atoms with Gasteiger partial charge in [-0.3, -0.25) is 4.90 Å². The van der Waals surface area contributed by atoms with E-state index in [4.69, 9.17) is 4.74 Å². The molecule has 0 spiro atoms. The van der Waals surface area contributed by atoms with Crippen LogP contribution in [0.15, 0.2) is 24.3 Å². The zero-order valence-corrected chi connectivity index (χ0v) is 11.1. The number of aliphatic hydroxyl groups excluding tert-OH is 3. The molecule has 1 saturated heterocycles. The van der Waals surface area contributed by atoms with Crippen LogP contribution < -0.4 is 4.74 Å². The molecule has 0 amide bonds. The number of methoxy groups -OCH3 is 1. The molecule has 1 aliphatic heterocycles. The minimum Gasteiger partial charge on any atom is -0.497 e. The Hall–Kier alpha value is -1.14. The molecule has 5 heteroatoms. The van der Waals surface area contributed by atoms with Gasteiger partial charge in [-0.25, -0.2) is 0 Å². The summed E-state index contributed by atoms with van der Waals surface area (Å²) in [6.07, 6.45) is -1.64. The fourth-order valence-electron chi connectivity index (χ4n) is 2.48. The Morgan fingerprint density at radius 2 is 1.89 bits per heavy atom. The van der Waals surface area contributed by atoms with Crippen molar-refractivity contribution in [3.63, 3.8) is 0 Å². The summed E-state index contributed by atoms with van der Waals surface area (Å²) in [6, 6.07) is 7.75. The molecule has 0 radical (unpaired) electrons. The molecule has 0 saturated carbocycles. The van der Waals surface area contributed by atoms with Crippen LogP contribution in [0.5, 0.6) is 5.75 Å². The van der Waals surface area contributed by atoms with Gasteiger partial charge in [-0.1, -0.05) is 12.1 Å². The maximum Gasteiger partial charge on any atom is 0.118 e. The van der Waals surface area contributed by atoms with Crippen molar-refractivity contribution in [2.75, 3.05) is 26.8 Å². The van der Waals surface area contributed by atoms with Crippen molar-refractivity contribution in [3.8, 4) is 5.75 Å². The molecule has 3 atom stereocenters. The normalized spacial score (nSPS) is 28.3. The van der Waals surface area contributed by atoms with E-state index in [9.17, 15) is 15.3 Å². The molecule has 0 aromatic heterocycles. The number of likely N-dealkylation sites (tertiary alicyclic amines) is 1. The quantitative estimate of drug-likeness (QED) is 0.707. The average Bonchev–Trinajstić information content (AvgIpc) is 2.43. The molecular weight excluding hydrogens is 246 g/mol. The van der Waals surface area contributed by atoms with Crippen LogP contribution >= 0.6 is 0 Å². The van der Waals surface area contributed by atoms with Gasteiger partial charge in [0.05, 0.1) is 19.3 Å². The zero-order valence-electron chi connectivity index (χ0n) is 11.1. The predicted octanol–water partition coefficient (Wildman–Crippen LogP) is -0.159. The molecule has 0 bridgehead atoms. The lowest BCUT2D eigenvalue weighted by atomic mass is 9.93. The second-order valence-corrected chi connectivity index (χ2v) is 5.04. The van der Waals surface area contributed by atoms with Crippen LogP contribution in [-0.4, -0.2) is 59.2 Å². The first-order valence-electron chi connectivity index (χ1n) is 6.46. The summed E-state index contributed by atoms with van der Waals surface area (Å²) >= 11 is 0. The third kappa shape index (κ3) is 3.45. The minimum absolute atomic E-state index is 0.114. The monoisotopic (exact) mass is 267 g/mol. The lowest BCUT2D eigenvalue weighted by Gasteiger charge is -2.38. The largest absolute Gasteiger partial charge is 0.497 e. The van der Waals surface area contributed by atoms with E-state index in [0.717, 1.165) is 11.3 Å². The van der Waals surface area contributed by atoms with Crippen molar-refractivity contribution < 1.29 is 20.1 Å². The van der Waals surface area contributed by atoms with Gasteiger partial charge in [0.15, 0.2) is 0 Å². The summed E-state index contributed by atoms with van der Waals surface area (Å²) in [5.74, 6) is 0.521. The molecule has 1 heterocycles. The van der Waals surface area contributed by atoms with E-state index < -0.39 is 12.2 Å². The van der Waals surface area contributed by atoms with Crippen molar-refractivity contribution in [2.24, 2.45) is 5.92 Å². The number of piperidine rings is 1. The van der Waals surface area contributed by atoms with Gasteiger partial charge in [-0.15, -0.1) is 0 Å². The molecule has 0 aliphatic carbocycles. The number of benzene rings is 1. The van der Waals surface area contributed by atoms with Gasteiger partial charge < -0.3 is 20.1 Å². The molecule has 1 aromatic carbocycles. The van der Waals surface area contributed by atoms with Crippen LogP contribution in [0, 0.1) is 5.92 Å². The number of rotatable bonds is 4. The molecule has 5 nitrogen and oxygen atoms in total. The third-order valence-corrected chi connectivity index (χ3v) is 3.61. The summed E-state index contributed by atoms with van der Waals surface area (Å²) in [4.78, 5) is 2.04. The van der Waals surface area contributed by atoms with E-state index in [1.54, 1.807) is 7.11 Å². The van der Waals surface area contributed by atoms with Gasteiger partial charge in [-0.2, -0.15) is 0 Å². The van der Waals surface area contributed by atoms with Gasteiger partial charge >= 0.3 is 0 Å². The van der Waals surface area contributed by atoms with E-state index in [1.807, 2.05) is 29.2 Å². The van der Waals surface area contributed by atoms with Crippen LogP contribution in [0.4, 0.5) is 0 Å². The number of hydrogen-bond acceptors (Lipinski definition) is 5. The molecule has 1 fully saturated rings. The first-order chi connectivity index (χ1) is 9.13. The second-order valence-electron chi connectivity index (χ2n) is 5.04. The maximum absolute atomic E-state index is 9.79. The SMILES string of the molecule is COc1ccc(CN2C[C@H](CO)[C@@H](O)[C@H](O)C2)cc1. The smallest absolute Gasteiger partial charge is 0.118 e. The first kappa shape index (κ1) is 14.3. The minimum atomic E-state index is -0.836. The van der Waals surface area contributed by atoms with E-state index >= 15 is 0 Å². The molecule has 1 aromatic rings. The van der Waals surface area contributed by atoms with Gasteiger partial charge in [-0.05, 0) is 17.7 Å². The standard InChI is InChI=1S/C14H21NO4/c1-19-12-4-2-10(3-5-12)6-15-7-11(9-16)14(18)13(17)8-15/h2-5,11,13-14,16-18H,6-9H2,1H3/t11-,13-,14-/m1/s1. The Balaban J connectivity index is 1.98. The predicted molar refractivity (Wildman–Crippen MR) is 70.9 cm³/mol. The highest BCUT2D eigenvalue weighted by Gasteiger charge is 2.33. The van der Waals surface area contributed by atoms with Crippen LogP contribution in [0.2, 0.25) is 0 Å². The van der Waals surface area contributed by atoms with Crippen molar-refractivity contribution in [3.05, 3.63) is 29.8 Å². The molecule has 3 N–H and O–H groups in total. The van der Waals surface area contributed by atoms with Gasteiger partial charge in [0.25, 0.3) is 0 Å². The molecule has 2 rings (SSSR count). The molecule has 0 unspecified atom stereocenters. The van der Waals surface area contributed by atoms with E-state index in [0.29, 0.717) is 19.6 Å². The zero-order chi connectivity index (χ0) is 13.8. The second kappa shape index (κ2) is 6.34. The van der Waals surface area contributed by atoms with E-state index in [-0.39, 0.29) is 12.5 Å². The van der Waals surface area contributed by atoms with Crippen molar-refractivity contribution >= 4 is 0 Å². The fraction of sp³-hybridized carbons (Fsp3) is 0.571. The fourth-order valence-corrected chi connectivity index (χ4v) is 2.48. The first-order valence-corrected chi connectivity index (χ1v) is 6.46. The summed E-state index contributed by atoms with van der Waals surface area (Å²) in [5, 5.41) is 28.7. The summed E-state index contributed by atoms with van der Waals surface area (Å²) < 4.78 is 5.11. The number of nitrogens with zero attached hydrogens (tertiary/aromatic N) is 1. The maximum atomic E-state index is 9.79. The Bertz CT molecular complexity index is 395. The Labute approximate surface area is 113 Å². The Morgan fingerprint density at radius 1 is 1.21 bits per heavy atom. The van der Waals surface area contributed by atoms with E-state index in [2.05, 4.69) is 0 Å². The van der Waals surface area contributed by atoms with Gasteiger partial charge in [0, 0.05) is 32.2 Å². The molecular formula is C14H21NO4. The highest BCUT2D eigenvalue weighted by atomic mass is 16.5. The highest BCUT2D eigenvalue weighted by molar-refractivity contribution is 5.27. The van der Waals surface area contributed by atoms with E-state index in [1.165, 1.54) is 0 Å². The lowest BCUT2D eigenvalue weighted by Crippen LogP contribution is -2.53. The topological polar surface area (TPSA) is 73.2 Å². The Kier molecular flexibility index (Phi) is 4.76. The van der Waals surface area contributed by atoms with Crippen LogP contribution in [0.3, 0.4) is 0 Å². The van der Waals surface area contributed by atoms with Crippen LogP contribution in [-0.2, 0) is 6.54 Å². The van der Waals surface area contributed by atoms with Gasteiger partial charge in [0.1, 0.15) is 5.75 Å². The van der Waals surface area contributed by atoms with Crippen molar-refractivity contribution in [1.29, 1.82) is 0 Å². The number of β-amino-alcohol motifs (C(OH)–C–C–N with tert-alkyl or cyclic N) is 1. The van der Waals surface area contributed by atoms with Crippen molar-refractivity contribution in [1.82, 2.24) is 4.90 Å². The average molecular weight is 267 g/mol. The highest BCUT2D eigenvalue weighted by Crippen LogP contribution is 2.20. The van der Waals surface area contributed by atoms with Gasteiger partial charge in [0.2, 0.25) is 0 Å². The summed E-state index contributed by atoms with van der Waals surface area (Å²) in [6.45, 7) is 1.58. The summed E-state index contributed by atoms with van der Waals surface area (Å²) in [5.41, 5.74) is 1.11. The number of aliphatic hydroxyl groups is 3. The summed E-state index contributed by atoms with van der Waals surface area (Å²) in [7, 11) is 1.63. The third-order valence-electron chi connectivity index (χ3n) is 3.61. The Morgan fingerprint density at radius 3 is 2.47 bits per heavy atom. The molecule has 106 valence electrons. The molecule has 1 aliphatic rings. The van der Waals surface area contributed by atoms with Crippen molar-refractivity contribution in [2.45, 2.75) is 18.8 Å².